The van der Waals surface area contributed by atoms with Crippen LogP contribution in [0.3, 0.4) is 0 Å². The van der Waals surface area contributed by atoms with E-state index in [2.05, 4.69) is 0 Å². The number of carbonyl (C=O) groups excluding carboxylic acids is 2. The summed E-state index contributed by atoms with van der Waals surface area (Å²) >= 11 is 0. The largest absolute Gasteiger partial charge is 2.00 e. The Hall–Kier alpha value is 0.0568. The van der Waals surface area contributed by atoms with Crippen molar-refractivity contribution in [3.8, 4) is 0 Å². The molecule has 0 bridgehead atoms. The minimum atomic E-state index is -5.17. The topological polar surface area (TPSA) is 161 Å². The van der Waals surface area contributed by atoms with Crippen LogP contribution in [0.4, 0.5) is 0 Å². The van der Waals surface area contributed by atoms with Crippen molar-refractivity contribution in [2.45, 2.75) is 13.8 Å². The number of carbonyl (C=O) groups is 2. The van der Waals surface area contributed by atoms with Crippen LogP contribution in [-0.4, -0.2) is 29.5 Å². The molecule has 0 saturated carbocycles. The summed E-state index contributed by atoms with van der Waals surface area (Å²) in [5.74, 6) is -2.17. The fourth-order valence-corrected chi connectivity index (χ4v) is 0. The normalized spacial score (nSPS) is 7.20. The standard InChI is InChI=1S/2C2H4O2.H2O4S.2Zn/c2*1-2(3)4;1-5(2,3)4;;/h2*1H3,(H,3,4);(H2,1,2,3,4);;/q;;;2*+2/p-4. The molecule has 0 spiro atoms. The van der Waals surface area contributed by atoms with Crippen LogP contribution < -0.4 is 10.2 Å². The molecule has 0 aliphatic carbocycles. The van der Waals surface area contributed by atoms with E-state index in [1.807, 2.05) is 0 Å². The Bertz CT molecular complexity index is 219. The minimum absolute atomic E-state index is 0. The summed E-state index contributed by atoms with van der Waals surface area (Å²) in [5.41, 5.74) is 0. The van der Waals surface area contributed by atoms with Crippen LogP contribution in [-0.2, 0) is 58.9 Å². The van der Waals surface area contributed by atoms with Crippen molar-refractivity contribution in [2.24, 2.45) is 0 Å². The van der Waals surface area contributed by atoms with Gasteiger partial charge >= 0.3 is 39.0 Å². The Morgan fingerprint density at radius 1 is 0.867 bits per heavy atom. The third-order valence-electron chi connectivity index (χ3n) is 0. The predicted octanol–water partition coefficient (Wildman–Crippen LogP) is -3.83. The van der Waals surface area contributed by atoms with Gasteiger partial charge in [-0.2, -0.15) is 0 Å². The summed E-state index contributed by atoms with van der Waals surface area (Å²) in [6, 6.07) is 0. The number of carboxylic acids is 2. The summed E-state index contributed by atoms with van der Waals surface area (Å²) in [7, 11) is -5.17. The maximum atomic E-state index is 8.89. The second kappa shape index (κ2) is 16.5. The summed E-state index contributed by atoms with van der Waals surface area (Å²) in [4.78, 5) is 17.8. The molecule has 11 heteroatoms. The molecule has 0 amide bonds. The van der Waals surface area contributed by atoms with Crippen LogP contribution in [0.25, 0.3) is 0 Å². The van der Waals surface area contributed by atoms with E-state index < -0.39 is 22.3 Å². The molecular formula is C4H6O8SZn2. The van der Waals surface area contributed by atoms with Crippen molar-refractivity contribution >= 4 is 22.3 Å². The average molecular weight is 345 g/mol. The summed E-state index contributed by atoms with van der Waals surface area (Å²) in [5, 5.41) is 17.8. The number of carboxylic acid groups (broad SMARTS) is 2. The molecule has 0 rings (SSSR count). The first-order valence-electron chi connectivity index (χ1n) is 2.48. The zero-order chi connectivity index (χ0) is 11.7. The maximum absolute atomic E-state index is 8.89. The molecule has 0 heterocycles. The average Bonchev–Trinajstić information content (AvgIpc) is 1.50. The van der Waals surface area contributed by atoms with E-state index in [1.165, 1.54) is 0 Å². The van der Waals surface area contributed by atoms with Crippen LogP contribution in [0.1, 0.15) is 13.8 Å². The van der Waals surface area contributed by atoms with Gasteiger partial charge in [-0.25, -0.2) is 0 Å². The van der Waals surface area contributed by atoms with Crippen LogP contribution >= 0.6 is 0 Å². The Kier molecular flexibility index (Phi) is 32.3. The Morgan fingerprint density at radius 2 is 0.867 bits per heavy atom. The molecule has 0 aliphatic rings. The van der Waals surface area contributed by atoms with E-state index in [9.17, 15) is 0 Å². The molecule has 0 unspecified atom stereocenters. The number of rotatable bonds is 0. The maximum Gasteiger partial charge on any atom is 2.00 e. The quantitative estimate of drug-likeness (QED) is 0.245. The van der Waals surface area contributed by atoms with Gasteiger partial charge in [-0.15, -0.1) is 0 Å². The van der Waals surface area contributed by atoms with E-state index in [0.717, 1.165) is 13.8 Å². The van der Waals surface area contributed by atoms with Gasteiger partial charge in [0.2, 0.25) is 0 Å². The van der Waals surface area contributed by atoms with Gasteiger partial charge in [0, 0.05) is 22.3 Å². The van der Waals surface area contributed by atoms with Gasteiger partial charge in [-0.1, -0.05) is 0 Å². The molecule has 0 aromatic carbocycles. The predicted molar refractivity (Wildman–Crippen MR) is 31.8 cm³/mol. The fourth-order valence-electron chi connectivity index (χ4n) is 0. The Labute approximate surface area is 112 Å². The minimum Gasteiger partial charge on any atom is -0.759 e. The van der Waals surface area contributed by atoms with Gasteiger partial charge in [0.1, 0.15) is 0 Å². The molecular weight excluding hydrogens is 339 g/mol. The number of aliphatic carboxylic acids is 2. The first-order chi connectivity index (χ1) is 5.46. The van der Waals surface area contributed by atoms with Crippen molar-refractivity contribution in [2.75, 3.05) is 0 Å². The molecule has 0 aliphatic heterocycles. The second-order valence-electron chi connectivity index (χ2n) is 1.39. The molecule has 0 aromatic rings. The third kappa shape index (κ3) is 634000. The van der Waals surface area contributed by atoms with E-state index in [0.29, 0.717) is 0 Å². The van der Waals surface area contributed by atoms with Gasteiger partial charge in [0.05, 0.1) is 0 Å². The summed E-state index contributed by atoms with van der Waals surface area (Å²) in [6.45, 7) is 1.94. The van der Waals surface area contributed by atoms with Crippen LogP contribution in [0.5, 0.6) is 0 Å². The van der Waals surface area contributed by atoms with Crippen molar-refractivity contribution in [1.82, 2.24) is 0 Å². The van der Waals surface area contributed by atoms with Gasteiger partial charge in [-0.05, 0) is 13.8 Å². The van der Waals surface area contributed by atoms with Crippen molar-refractivity contribution in [3.05, 3.63) is 0 Å². The van der Waals surface area contributed by atoms with Crippen molar-refractivity contribution in [3.63, 3.8) is 0 Å². The first-order valence-corrected chi connectivity index (χ1v) is 3.82. The molecule has 0 radical (unpaired) electrons. The second-order valence-corrected chi connectivity index (χ2v) is 2.21. The van der Waals surface area contributed by atoms with Crippen molar-refractivity contribution in [1.29, 1.82) is 0 Å². The first kappa shape index (κ1) is 29.4. The number of hydrogen-bond acceptors (Lipinski definition) is 8. The fraction of sp³-hybridized carbons (Fsp3) is 0.500. The molecule has 0 atom stereocenters. The molecule has 0 saturated heterocycles. The Morgan fingerprint density at radius 3 is 0.867 bits per heavy atom. The van der Waals surface area contributed by atoms with Crippen LogP contribution in [0, 0.1) is 0 Å². The molecule has 0 aromatic heterocycles. The summed E-state index contributed by atoms with van der Waals surface area (Å²) < 4.78 is 34.1. The van der Waals surface area contributed by atoms with E-state index >= 15 is 0 Å². The van der Waals surface area contributed by atoms with E-state index in [1.54, 1.807) is 0 Å². The third-order valence-corrected chi connectivity index (χ3v) is 0. The number of hydrogen-bond donors (Lipinski definition) is 0. The van der Waals surface area contributed by atoms with Gasteiger partial charge in [0.25, 0.3) is 0 Å². The van der Waals surface area contributed by atoms with Gasteiger partial charge < -0.3 is 28.9 Å². The van der Waals surface area contributed by atoms with Crippen molar-refractivity contribution < 1.29 is 76.3 Å². The van der Waals surface area contributed by atoms with E-state index in [-0.39, 0.29) is 39.0 Å². The van der Waals surface area contributed by atoms with Crippen LogP contribution in [0.15, 0.2) is 0 Å². The van der Waals surface area contributed by atoms with Gasteiger partial charge in [0.15, 0.2) is 0 Å². The molecule has 15 heavy (non-hydrogen) atoms. The Balaban J connectivity index is -0.0000000315. The molecule has 0 N–H and O–H groups in total. The smallest absolute Gasteiger partial charge is 0.759 e. The van der Waals surface area contributed by atoms with Gasteiger partial charge in [-0.3, -0.25) is 8.42 Å². The molecule has 8 nitrogen and oxygen atoms in total. The van der Waals surface area contributed by atoms with Crippen LogP contribution in [0.2, 0.25) is 0 Å². The van der Waals surface area contributed by atoms with E-state index in [4.69, 9.17) is 37.3 Å². The zero-order valence-electron chi connectivity index (χ0n) is 8.09. The SMILES string of the molecule is CC(=O)[O-].CC(=O)[O-].O=S(=O)([O-])[O-].[Zn+2].[Zn+2]. The monoisotopic (exact) mass is 342 g/mol. The zero-order valence-corrected chi connectivity index (χ0v) is 14.8. The summed E-state index contributed by atoms with van der Waals surface area (Å²) in [6.07, 6.45) is 0. The molecule has 80 valence electrons. The molecule has 0 fully saturated rings.